The molecule has 13 rings (SSSR count). The number of benzene rings is 11. The summed E-state index contributed by atoms with van der Waals surface area (Å²) in [6, 6.07) is 97.2. The molecule has 0 radical (unpaired) electrons. The first kappa shape index (κ1) is 40.5. The van der Waals surface area contributed by atoms with Crippen molar-refractivity contribution in [3.63, 3.8) is 0 Å². The van der Waals surface area contributed by atoms with E-state index >= 15 is 0 Å². The lowest BCUT2D eigenvalue weighted by molar-refractivity contribution is 1.20. The zero-order valence-corrected chi connectivity index (χ0v) is 38.5. The maximum atomic E-state index is 2.48. The minimum Gasteiger partial charge on any atom is -0.310 e. The Morgan fingerprint density at radius 2 is 0.754 bits per heavy atom. The SMILES string of the molecule is c1ccc(-c2ccc(-c3ccc(N(c4ccc(-c5ccccc5)cc4)c4ccccc4-c4cccc(-c5cccc6c5c5ccccc5n6-c5cccc6c5sc5ccccc56)c4)cc3)cc2)cc1. The van der Waals surface area contributed by atoms with Gasteiger partial charge < -0.3 is 9.47 Å². The fourth-order valence-electron chi connectivity index (χ4n) is 10.3. The van der Waals surface area contributed by atoms with Gasteiger partial charge in [0.1, 0.15) is 0 Å². The van der Waals surface area contributed by atoms with Crippen LogP contribution >= 0.6 is 11.3 Å². The second kappa shape index (κ2) is 17.2. The van der Waals surface area contributed by atoms with Gasteiger partial charge in [0.15, 0.2) is 0 Å². The summed E-state index contributed by atoms with van der Waals surface area (Å²) in [4.78, 5) is 2.40. The first-order valence-corrected chi connectivity index (χ1v) is 24.4. The molecule has 324 valence electrons. The van der Waals surface area contributed by atoms with Gasteiger partial charge in [-0.25, -0.2) is 0 Å². The Labute approximate surface area is 405 Å². The second-order valence-corrected chi connectivity index (χ2v) is 18.7. The summed E-state index contributed by atoms with van der Waals surface area (Å²) in [7, 11) is 0. The van der Waals surface area contributed by atoms with Gasteiger partial charge in [0.05, 0.1) is 27.1 Å². The van der Waals surface area contributed by atoms with Crippen LogP contribution in [0.25, 0.3) is 103 Å². The molecule has 0 N–H and O–H groups in total. The molecule has 0 fully saturated rings. The average Bonchev–Trinajstić information content (AvgIpc) is 3.98. The van der Waals surface area contributed by atoms with Gasteiger partial charge in [-0.2, -0.15) is 0 Å². The maximum absolute atomic E-state index is 2.48. The van der Waals surface area contributed by atoms with Crippen molar-refractivity contribution in [2.45, 2.75) is 0 Å². The van der Waals surface area contributed by atoms with Gasteiger partial charge in [-0.15, -0.1) is 11.3 Å². The van der Waals surface area contributed by atoms with Crippen LogP contribution in [0.5, 0.6) is 0 Å². The Morgan fingerprint density at radius 1 is 0.304 bits per heavy atom. The van der Waals surface area contributed by atoms with Crippen molar-refractivity contribution in [1.82, 2.24) is 4.57 Å². The van der Waals surface area contributed by atoms with Crippen LogP contribution in [0.1, 0.15) is 0 Å². The zero-order chi connectivity index (χ0) is 45.7. The molecular formula is C66H44N2S. The Hall–Kier alpha value is -8.76. The molecule has 0 aliphatic heterocycles. The molecule has 2 aromatic heterocycles. The minimum absolute atomic E-state index is 1.09. The standard InChI is InChI=1S/C66H44N2S/c1-3-16-45(17-4-1)47-32-34-48(35-33-47)50-38-42-54(43-39-50)67(53-40-36-49(37-41-53)46-18-5-2-6-19-46)60-27-10-7-22-55(60)51-20-13-21-52(44-51)56-25-14-29-62-65(56)59-24-8-11-28-61(59)68(62)63-30-15-26-58-57-23-9-12-31-64(57)69-66(58)63/h1-44H. The topological polar surface area (TPSA) is 8.17 Å². The first-order valence-electron chi connectivity index (χ1n) is 23.6. The van der Waals surface area contributed by atoms with Crippen LogP contribution in [0.4, 0.5) is 17.1 Å². The lowest BCUT2D eigenvalue weighted by Crippen LogP contribution is -2.11. The molecule has 0 atom stereocenters. The van der Waals surface area contributed by atoms with Crippen molar-refractivity contribution in [1.29, 1.82) is 0 Å². The Balaban J connectivity index is 0.924. The van der Waals surface area contributed by atoms with Crippen LogP contribution in [-0.2, 0) is 0 Å². The molecule has 3 heteroatoms. The van der Waals surface area contributed by atoms with Crippen molar-refractivity contribution in [3.05, 3.63) is 267 Å². The highest BCUT2D eigenvalue weighted by Crippen LogP contribution is 2.46. The van der Waals surface area contributed by atoms with E-state index in [9.17, 15) is 0 Å². The Bertz CT molecular complexity index is 3980. The van der Waals surface area contributed by atoms with Gasteiger partial charge in [0.2, 0.25) is 0 Å². The molecule has 0 spiro atoms. The number of nitrogens with zero attached hydrogens (tertiary/aromatic N) is 2. The zero-order valence-electron chi connectivity index (χ0n) is 37.7. The van der Waals surface area contributed by atoms with Gasteiger partial charge >= 0.3 is 0 Å². The molecule has 11 aromatic carbocycles. The van der Waals surface area contributed by atoms with E-state index in [2.05, 4.69) is 276 Å². The number of fused-ring (bicyclic) bond motifs is 6. The number of aromatic nitrogens is 1. The van der Waals surface area contributed by atoms with Crippen LogP contribution in [0.3, 0.4) is 0 Å². The molecule has 0 saturated heterocycles. The molecule has 0 amide bonds. The van der Waals surface area contributed by atoms with Crippen molar-refractivity contribution in [2.75, 3.05) is 4.90 Å². The van der Waals surface area contributed by atoms with Crippen LogP contribution in [0.2, 0.25) is 0 Å². The van der Waals surface area contributed by atoms with E-state index in [0.29, 0.717) is 0 Å². The lowest BCUT2D eigenvalue weighted by Gasteiger charge is -2.28. The Kier molecular flexibility index (Phi) is 10.1. The van der Waals surface area contributed by atoms with Gasteiger partial charge in [-0.3, -0.25) is 0 Å². The molecule has 0 aliphatic carbocycles. The Morgan fingerprint density at radius 3 is 1.42 bits per heavy atom. The molecule has 69 heavy (non-hydrogen) atoms. The number of hydrogen-bond acceptors (Lipinski definition) is 2. The number of hydrogen-bond donors (Lipinski definition) is 0. The van der Waals surface area contributed by atoms with Crippen LogP contribution in [0, 0.1) is 0 Å². The van der Waals surface area contributed by atoms with Gasteiger partial charge in [0, 0.05) is 43.2 Å². The highest BCUT2D eigenvalue weighted by Gasteiger charge is 2.21. The summed E-state index contributed by atoms with van der Waals surface area (Å²) in [5.41, 5.74) is 18.8. The summed E-state index contributed by atoms with van der Waals surface area (Å²) in [5, 5.41) is 5.11. The molecule has 0 saturated carbocycles. The first-order chi connectivity index (χ1) is 34.2. The van der Waals surface area contributed by atoms with Crippen LogP contribution < -0.4 is 4.90 Å². The largest absolute Gasteiger partial charge is 0.310 e. The fraction of sp³-hybridized carbons (Fsp3) is 0. The predicted octanol–water partition coefficient (Wildman–Crippen LogP) is 19.0. The van der Waals surface area contributed by atoms with E-state index in [1.807, 2.05) is 11.3 Å². The third kappa shape index (κ3) is 7.20. The quantitative estimate of drug-likeness (QED) is 0.140. The fourth-order valence-corrected chi connectivity index (χ4v) is 11.6. The van der Waals surface area contributed by atoms with E-state index in [-0.39, 0.29) is 0 Å². The molecule has 0 bridgehead atoms. The van der Waals surface area contributed by atoms with E-state index < -0.39 is 0 Å². The second-order valence-electron chi connectivity index (χ2n) is 17.6. The summed E-state index contributed by atoms with van der Waals surface area (Å²) < 4.78 is 5.09. The number of anilines is 3. The van der Waals surface area contributed by atoms with Crippen molar-refractivity contribution in [2.24, 2.45) is 0 Å². The van der Waals surface area contributed by atoms with E-state index in [1.54, 1.807) is 0 Å². The third-order valence-corrected chi connectivity index (χ3v) is 14.8. The average molecular weight is 897 g/mol. The highest BCUT2D eigenvalue weighted by molar-refractivity contribution is 7.26. The molecule has 2 nitrogen and oxygen atoms in total. The predicted molar refractivity (Wildman–Crippen MR) is 296 cm³/mol. The van der Waals surface area contributed by atoms with Gasteiger partial charge in [-0.1, -0.05) is 206 Å². The third-order valence-electron chi connectivity index (χ3n) is 13.6. The number of thiophene rings is 1. The summed E-state index contributed by atoms with van der Waals surface area (Å²) in [5.74, 6) is 0. The summed E-state index contributed by atoms with van der Waals surface area (Å²) in [6.45, 7) is 0. The van der Waals surface area contributed by atoms with Crippen molar-refractivity contribution in [3.8, 4) is 61.3 Å². The number of para-hydroxylation sites is 2. The molecule has 2 heterocycles. The van der Waals surface area contributed by atoms with E-state index in [4.69, 9.17) is 0 Å². The number of rotatable bonds is 9. The lowest BCUT2D eigenvalue weighted by atomic mass is 9.94. The van der Waals surface area contributed by atoms with Crippen LogP contribution in [0.15, 0.2) is 267 Å². The van der Waals surface area contributed by atoms with Gasteiger partial charge in [-0.05, 0) is 111 Å². The van der Waals surface area contributed by atoms with E-state index in [0.717, 1.165) is 28.2 Å². The molecule has 0 aliphatic rings. The highest BCUT2D eigenvalue weighted by atomic mass is 32.1. The van der Waals surface area contributed by atoms with E-state index in [1.165, 1.54) is 92.2 Å². The maximum Gasteiger partial charge on any atom is 0.0640 e. The van der Waals surface area contributed by atoms with Gasteiger partial charge in [0.25, 0.3) is 0 Å². The molecular weight excluding hydrogens is 853 g/mol. The minimum atomic E-state index is 1.09. The molecule has 0 unspecified atom stereocenters. The summed E-state index contributed by atoms with van der Waals surface area (Å²) in [6.07, 6.45) is 0. The normalized spacial score (nSPS) is 11.5. The monoisotopic (exact) mass is 896 g/mol. The molecule has 13 aromatic rings. The summed E-state index contributed by atoms with van der Waals surface area (Å²) >= 11 is 1.88. The smallest absolute Gasteiger partial charge is 0.0640 e. The van der Waals surface area contributed by atoms with Crippen LogP contribution in [-0.4, -0.2) is 4.57 Å². The van der Waals surface area contributed by atoms with Crippen molar-refractivity contribution >= 4 is 70.4 Å². The van der Waals surface area contributed by atoms with Crippen molar-refractivity contribution < 1.29 is 0 Å².